The molecule has 2 atom stereocenters. The molecule has 214 valence electrons. The second kappa shape index (κ2) is 12.1. The van der Waals surface area contributed by atoms with E-state index in [1.165, 1.54) is 17.0 Å². The number of halogens is 3. The zero-order chi connectivity index (χ0) is 29.0. The highest BCUT2D eigenvalue weighted by Gasteiger charge is 2.40. The van der Waals surface area contributed by atoms with Gasteiger partial charge in [0.1, 0.15) is 0 Å². The molecule has 1 N–H and O–H groups in total. The normalized spacial score (nSPS) is 20.4. The molecule has 0 radical (unpaired) electrons. The van der Waals surface area contributed by atoms with Crippen LogP contribution in [0.25, 0.3) is 0 Å². The standard InChI is InChI=1S/C29H33F3N4O4/c1-4-35-23(18-34-15-16-36(19(3)17-34)26(37)21-9-7-6-8-10-21)24(27(38)40-5-2)25(33-28(35)39)20-11-13-22(14-12-20)29(30,31)32/h6-14,19,25H,4-5,15-18H2,1-3H3,(H,33,39). The number of benzene rings is 2. The third-order valence-electron chi connectivity index (χ3n) is 7.19. The molecule has 8 nitrogen and oxygen atoms in total. The van der Waals surface area contributed by atoms with E-state index in [9.17, 15) is 27.6 Å². The van der Waals surface area contributed by atoms with Crippen LogP contribution >= 0.6 is 0 Å². The average molecular weight is 559 g/mol. The largest absolute Gasteiger partial charge is 0.463 e. The summed E-state index contributed by atoms with van der Waals surface area (Å²) < 4.78 is 44.8. The second-order valence-corrected chi connectivity index (χ2v) is 9.78. The Morgan fingerprint density at radius 1 is 1.02 bits per heavy atom. The smallest absolute Gasteiger partial charge is 0.416 e. The molecule has 2 unspecified atom stereocenters. The number of esters is 1. The topological polar surface area (TPSA) is 82.2 Å². The molecule has 2 heterocycles. The van der Waals surface area contributed by atoms with E-state index in [1.807, 2.05) is 30.0 Å². The number of amides is 3. The summed E-state index contributed by atoms with van der Waals surface area (Å²) in [4.78, 5) is 44.8. The average Bonchev–Trinajstić information content (AvgIpc) is 2.93. The number of ether oxygens (including phenoxy) is 1. The van der Waals surface area contributed by atoms with Gasteiger partial charge in [-0.2, -0.15) is 13.2 Å². The number of hydrogen-bond acceptors (Lipinski definition) is 5. The molecule has 3 amide bonds. The predicted molar refractivity (Wildman–Crippen MR) is 142 cm³/mol. The maximum atomic E-state index is 13.3. The molecule has 2 aromatic rings. The molecule has 0 aliphatic carbocycles. The lowest BCUT2D eigenvalue weighted by Crippen LogP contribution is -2.56. The van der Waals surface area contributed by atoms with Crippen molar-refractivity contribution in [2.45, 2.75) is 39.0 Å². The fraction of sp³-hybridized carbons (Fsp3) is 0.414. The minimum absolute atomic E-state index is 0.0613. The summed E-state index contributed by atoms with van der Waals surface area (Å²) in [5, 5.41) is 2.77. The second-order valence-electron chi connectivity index (χ2n) is 9.78. The van der Waals surface area contributed by atoms with E-state index in [2.05, 4.69) is 10.2 Å². The van der Waals surface area contributed by atoms with E-state index < -0.39 is 29.8 Å². The lowest BCUT2D eigenvalue weighted by atomic mass is 9.93. The Morgan fingerprint density at radius 2 is 1.70 bits per heavy atom. The van der Waals surface area contributed by atoms with Gasteiger partial charge in [-0.3, -0.25) is 14.6 Å². The molecule has 2 aromatic carbocycles. The fourth-order valence-corrected chi connectivity index (χ4v) is 5.21. The van der Waals surface area contributed by atoms with Gasteiger partial charge >= 0.3 is 18.2 Å². The molecule has 0 saturated carbocycles. The van der Waals surface area contributed by atoms with Gasteiger partial charge in [-0.05, 0) is 50.6 Å². The van der Waals surface area contributed by atoms with E-state index in [0.29, 0.717) is 36.5 Å². The summed E-state index contributed by atoms with van der Waals surface area (Å²) in [5.74, 6) is -0.708. The number of carbonyl (C=O) groups is 3. The molecule has 11 heteroatoms. The first-order valence-electron chi connectivity index (χ1n) is 13.3. The van der Waals surface area contributed by atoms with Crippen molar-refractivity contribution in [1.82, 2.24) is 20.0 Å². The van der Waals surface area contributed by atoms with Gasteiger partial charge in [-0.15, -0.1) is 0 Å². The van der Waals surface area contributed by atoms with Crippen LogP contribution in [0.1, 0.15) is 48.3 Å². The van der Waals surface area contributed by atoms with Gasteiger partial charge in [0.2, 0.25) is 0 Å². The highest BCUT2D eigenvalue weighted by atomic mass is 19.4. The van der Waals surface area contributed by atoms with Gasteiger partial charge < -0.3 is 15.0 Å². The number of carbonyl (C=O) groups excluding carboxylic acids is 3. The van der Waals surface area contributed by atoms with Crippen LogP contribution in [0.2, 0.25) is 0 Å². The molecule has 2 aliphatic rings. The zero-order valence-corrected chi connectivity index (χ0v) is 22.7. The third-order valence-corrected chi connectivity index (χ3v) is 7.19. The summed E-state index contributed by atoms with van der Waals surface area (Å²) in [6, 6.07) is 11.9. The van der Waals surface area contributed by atoms with Crippen LogP contribution in [0, 0.1) is 0 Å². The molecule has 4 rings (SSSR count). The minimum atomic E-state index is -4.51. The number of urea groups is 1. The quantitative estimate of drug-likeness (QED) is 0.508. The van der Waals surface area contributed by atoms with E-state index in [0.717, 1.165) is 12.1 Å². The Labute approximate surface area is 231 Å². The van der Waals surface area contributed by atoms with Crippen LogP contribution in [0.5, 0.6) is 0 Å². The number of rotatable bonds is 7. The highest BCUT2D eigenvalue weighted by Crippen LogP contribution is 2.35. The van der Waals surface area contributed by atoms with Crippen LogP contribution in [0.3, 0.4) is 0 Å². The summed E-state index contributed by atoms with van der Waals surface area (Å²) in [5.41, 5.74) is 0.732. The minimum Gasteiger partial charge on any atom is -0.463 e. The lowest BCUT2D eigenvalue weighted by Gasteiger charge is -2.43. The van der Waals surface area contributed by atoms with Crippen LogP contribution in [0.4, 0.5) is 18.0 Å². The molecule has 0 bridgehead atoms. The summed E-state index contributed by atoms with van der Waals surface area (Å²) >= 11 is 0. The molecule has 0 spiro atoms. The van der Waals surface area contributed by atoms with E-state index in [1.54, 1.807) is 26.0 Å². The van der Waals surface area contributed by atoms with Crippen molar-refractivity contribution >= 4 is 17.9 Å². The lowest BCUT2D eigenvalue weighted by molar-refractivity contribution is -0.139. The maximum Gasteiger partial charge on any atom is 0.416 e. The monoisotopic (exact) mass is 558 g/mol. The zero-order valence-electron chi connectivity index (χ0n) is 22.7. The van der Waals surface area contributed by atoms with Gasteiger partial charge in [-0.1, -0.05) is 30.3 Å². The molecular weight excluding hydrogens is 525 g/mol. The number of hydrogen-bond donors (Lipinski definition) is 1. The first kappa shape index (κ1) is 29.1. The molecular formula is C29H33F3N4O4. The van der Waals surface area contributed by atoms with Crippen molar-refractivity contribution in [3.8, 4) is 0 Å². The highest BCUT2D eigenvalue weighted by molar-refractivity contribution is 5.95. The summed E-state index contributed by atoms with van der Waals surface area (Å²) in [6.07, 6.45) is -4.51. The maximum absolute atomic E-state index is 13.3. The number of likely N-dealkylation sites (N-methyl/N-ethyl adjacent to an activating group) is 1. The SMILES string of the molecule is CCOC(=O)C1=C(CN2CCN(C(=O)c3ccccc3)C(C)C2)N(CC)C(=O)NC1c1ccc(C(F)(F)F)cc1. The van der Waals surface area contributed by atoms with Crippen molar-refractivity contribution in [2.75, 3.05) is 39.3 Å². The third kappa shape index (κ3) is 6.14. The summed E-state index contributed by atoms with van der Waals surface area (Å²) in [7, 11) is 0. The van der Waals surface area contributed by atoms with Crippen molar-refractivity contribution in [3.63, 3.8) is 0 Å². The predicted octanol–water partition coefficient (Wildman–Crippen LogP) is 4.46. The number of alkyl halides is 3. The molecule has 1 saturated heterocycles. The van der Waals surface area contributed by atoms with E-state index >= 15 is 0 Å². The Bertz CT molecular complexity index is 1260. The molecule has 0 aromatic heterocycles. The Morgan fingerprint density at radius 3 is 2.27 bits per heavy atom. The van der Waals surface area contributed by atoms with Crippen molar-refractivity contribution in [2.24, 2.45) is 0 Å². The van der Waals surface area contributed by atoms with Crippen molar-refractivity contribution in [1.29, 1.82) is 0 Å². The number of nitrogens with zero attached hydrogens (tertiary/aromatic N) is 3. The number of nitrogens with one attached hydrogen (secondary N) is 1. The van der Waals surface area contributed by atoms with Crippen molar-refractivity contribution < 1.29 is 32.3 Å². The Hall–Kier alpha value is -3.86. The molecule has 1 fully saturated rings. The van der Waals surface area contributed by atoms with Gasteiger partial charge in [0, 0.05) is 50.0 Å². The fourth-order valence-electron chi connectivity index (χ4n) is 5.21. The number of piperazine rings is 1. The first-order chi connectivity index (χ1) is 19.0. The van der Waals surface area contributed by atoms with Crippen LogP contribution in [-0.4, -0.2) is 78.0 Å². The molecule has 40 heavy (non-hydrogen) atoms. The van der Waals surface area contributed by atoms with Gasteiger partial charge in [0.05, 0.1) is 23.8 Å². The Balaban J connectivity index is 1.64. The van der Waals surface area contributed by atoms with Gasteiger partial charge in [-0.25, -0.2) is 9.59 Å². The van der Waals surface area contributed by atoms with Crippen LogP contribution in [0.15, 0.2) is 65.9 Å². The molecule has 2 aliphatic heterocycles. The van der Waals surface area contributed by atoms with Crippen LogP contribution < -0.4 is 5.32 Å². The van der Waals surface area contributed by atoms with Crippen molar-refractivity contribution in [3.05, 3.63) is 82.6 Å². The first-order valence-corrected chi connectivity index (χ1v) is 13.3. The summed E-state index contributed by atoms with van der Waals surface area (Å²) in [6.45, 7) is 7.44. The Kier molecular flexibility index (Phi) is 8.82. The van der Waals surface area contributed by atoms with Gasteiger partial charge in [0.15, 0.2) is 0 Å². The van der Waals surface area contributed by atoms with Gasteiger partial charge in [0.25, 0.3) is 5.91 Å². The van der Waals surface area contributed by atoms with E-state index in [4.69, 9.17) is 4.74 Å². The van der Waals surface area contributed by atoms with E-state index in [-0.39, 0.29) is 37.2 Å². The van der Waals surface area contributed by atoms with Crippen LogP contribution in [-0.2, 0) is 15.7 Å².